The Bertz CT molecular complexity index is 377. The molecule has 0 aromatic carbocycles. The monoisotopic (exact) mass is 592 g/mol. The van der Waals surface area contributed by atoms with Crippen molar-refractivity contribution in [3.05, 3.63) is 7.43 Å². The Hall–Kier alpha value is 0.0400. The quantitative estimate of drug-likeness (QED) is 0.194. The summed E-state index contributed by atoms with van der Waals surface area (Å²) in [6.45, 7) is 0. The van der Waals surface area contributed by atoms with E-state index in [1.165, 1.54) is 0 Å². The summed E-state index contributed by atoms with van der Waals surface area (Å²) in [5.74, 6) is 0. The molecule has 0 spiro atoms. The van der Waals surface area contributed by atoms with Crippen molar-refractivity contribution >= 4 is 31.2 Å². The van der Waals surface area contributed by atoms with Crippen molar-refractivity contribution < 1.29 is 101 Å². The predicted molar refractivity (Wildman–Crippen MR) is 57.5 cm³/mol. The van der Waals surface area contributed by atoms with Crippen molar-refractivity contribution in [1.29, 1.82) is 0 Å². The van der Waals surface area contributed by atoms with Gasteiger partial charge in [0.25, 0.3) is 0 Å². The van der Waals surface area contributed by atoms with E-state index < -0.39 is 31.2 Å². The second-order valence-electron chi connectivity index (χ2n) is 3.83. The van der Waals surface area contributed by atoms with Crippen LogP contribution < -0.4 is 0 Å². The zero-order chi connectivity index (χ0) is 25.6. The Morgan fingerprint density at radius 2 is 0.172 bits per heavy atom. The van der Waals surface area contributed by atoms with Gasteiger partial charge in [-0.25, -0.2) is 0 Å². The van der Waals surface area contributed by atoms with Gasteiger partial charge in [-0.1, -0.05) is 0 Å². The van der Waals surface area contributed by atoms with Crippen molar-refractivity contribution in [3.8, 4) is 0 Å². The summed E-state index contributed by atoms with van der Waals surface area (Å²) >= 11 is 0. The summed E-state index contributed by atoms with van der Waals surface area (Å²) in [7, 11) is -42.6. The van der Waals surface area contributed by atoms with E-state index in [-0.39, 0.29) is 7.43 Å². The summed E-state index contributed by atoms with van der Waals surface area (Å²) in [5, 5.41) is 0. The Kier molecular flexibility index (Phi) is 7.75. The second kappa shape index (κ2) is 5.69. The second-order valence-corrected chi connectivity index (χ2v) is 11.5. The standard InChI is InChI=1S/C.4F6P/c;4*1-7(2,3,4,5)6/q+4;4*-1. The Labute approximate surface area is 141 Å². The van der Waals surface area contributed by atoms with Gasteiger partial charge in [0.1, 0.15) is 0 Å². The van der Waals surface area contributed by atoms with Gasteiger partial charge in [0.05, 0.1) is 0 Å². The summed E-state index contributed by atoms with van der Waals surface area (Å²) in [4.78, 5) is 0. The van der Waals surface area contributed by atoms with Gasteiger partial charge in [-0.3, -0.25) is 0 Å². The number of hydrogen-bond acceptors (Lipinski definition) is 0. The van der Waals surface area contributed by atoms with Crippen molar-refractivity contribution in [2.45, 2.75) is 0 Å². The normalized spacial score (nSPS) is 22.3. The zero-order valence-electron chi connectivity index (χ0n) is 11.4. The first-order valence-corrected chi connectivity index (χ1v) is 12.2. The molecule has 0 amide bonds. The minimum absolute atomic E-state index is 0. The van der Waals surface area contributed by atoms with E-state index in [9.17, 15) is 101 Å². The van der Waals surface area contributed by atoms with Gasteiger partial charge in [0, 0.05) is 0 Å². The molecule has 0 aromatic heterocycles. The molecule has 0 aliphatic rings. The Morgan fingerprint density at radius 3 is 0.172 bits per heavy atom. The van der Waals surface area contributed by atoms with E-state index in [1.807, 2.05) is 0 Å². The average molecular weight is 592 g/mol. The molecule has 0 atom stereocenters. The molecule has 0 aliphatic heterocycles. The van der Waals surface area contributed by atoms with Crippen molar-refractivity contribution in [2.24, 2.45) is 0 Å². The van der Waals surface area contributed by atoms with Crippen molar-refractivity contribution in [2.75, 3.05) is 0 Å². The van der Waals surface area contributed by atoms with Crippen LogP contribution in [0, 0.1) is 7.43 Å². The molecule has 0 bridgehead atoms. The summed E-state index contributed by atoms with van der Waals surface area (Å²) in [6, 6.07) is 0. The number of halogens is 24. The first-order chi connectivity index (χ1) is 9.80. The summed E-state index contributed by atoms with van der Waals surface area (Å²) in [6.07, 6.45) is 0. The molecule has 0 saturated heterocycles. The van der Waals surface area contributed by atoms with E-state index in [0.717, 1.165) is 0 Å². The third-order valence-electron chi connectivity index (χ3n) is 0. The summed E-state index contributed by atoms with van der Waals surface area (Å²) in [5.41, 5.74) is 0. The van der Waals surface area contributed by atoms with Gasteiger partial charge in [-0.05, 0) is 0 Å². The van der Waals surface area contributed by atoms with Gasteiger partial charge in [0.15, 0.2) is 0 Å². The largest absolute Gasteiger partial charge is 4.00 e. The molecule has 0 rings (SSSR count). The van der Waals surface area contributed by atoms with E-state index in [2.05, 4.69) is 0 Å². The van der Waals surface area contributed by atoms with Gasteiger partial charge < -0.3 is 0 Å². The van der Waals surface area contributed by atoms with Gasteiger partial charge in [-0.2, -0.15) is 0 Å². The van der Waals surface area contributed by atoms with Gasteiger partial charge in [-0.15, -0.1) is 0 Å². The summed E-state index contributed by atoms with van der Waals surface area (Å²) < 4.78 is 237. The molecule has 28 heteroatoms. The molecule has 0 fully saturated rings. The molecule has 0 unspecified atom stereocenters. The van der Waals surface area contributed by atoms with Crippen LogP contribution in [0.2, 0.25) is 0 Å². The molecule has 0 aliphatic carbocycles. The molecule has 0 heterocycles. The van der Waals surface area contributed by atoms with E-state index in [0.29, 0.717) is 0 Å². The first kappa shape index (κ1) is 39.5. The van der Waals surface area contributed by atoms with Crippen LogP contribution in [0.15, 0.2) is 0 Å². The Balaban J connectivity index is -0.0000000873. The molecule has 29 heavy (non-hydrogen) atoms. The van der Waals surface area contributed by atoms with Crippen LogP contribution in [-0.4, -0.2) is 0 Å². The fraction of sp³-hybridized carbons (Fsp3) is 0. The van der Waals surface area contributed by atoms with Crippen LogP contribution in [0.1, 0.15) is 0 Å². The molecule has 0 nitrogen and oxygen atoms in total. The first-order valence-electron chi connectivity index (χ1n) is 4.06. The Morgan fingerprint density at radius 1 is 0.172 bits per heavy atom. The van der Waals surface area contributed by atoms with Crippen LogP contribution >= 0.6 is 31.2 Å². The molecule has 0 aromatic rings. The molecule has 0 saturated carbocycles. The van der Waals surface area contributed by atoms with Crippen LogP contribution in [0.4, 0.5) is 101 Å². The minimum atomic E-state index is -10.7. The predicted octanol–water partition coefficient (Wildman–Crippen LogP) is 13.6. The van der Waals surface area contributed by atoms with Crippen LogP contribution in [-0.2, 0) is 0 Å². The van der Waals surface area contributed by atoms with E-state index in [1.54, 1.807) is 0 Å². The van der Waals surface area contributed by atoms with Crippen LogP contribution in [0.3, 0.4) is 0 Å². The number of hydrogen-bond donors (Lipinski definition) is 0. The van der Waals surface area contributed by atoms with Crippen LogP contribution in [0.25, 0.3) is 0 Å². The molecular weight excluding hydrogens is 592 g/mol. The SMILES string of the molecule is F[P-](F)(F)(F)(F)F.F[P-](F)(F)(F)(F)F.F[P-](F)(F)(F)(F)F.F[P-](F)(F)(F)(F)F.[C+4]. The molecule has 0 radical (unpaired) electrons. The van der Waals surface area contributed by atoms with Gasteiger partial charge >= 0.3 is 139 Å². The maximum Gasteiger partial charge on any atom is 4.00 e. The third-order valence-corrected chi connectivity index (χ3v) is 0. The zero-order valence-corrected chi connectivity index (χ0v) is 14.9. The maximum atomic E-state index is 9.87. The van der Waals surface area contributed by atoms with E-state index in [4.69, 9.17) is 0 Å². The molecule has 0 N–H and O–H groups in total. The fourth-order valence-corrected chi connectivity index (χ4v) is 0. The average Bonchev–Trinajstić information content (AvgIpc) is 1.39. The van der Waals surface area contributed by atoms with Gasteiger partial charge in [0.2, 0.25) is 0 Å². The minimum Gasteiger partial charge on any atom is 4.00 e. The number of rotatable bonds is 0. The van der Waals surface area contributed by atoms with Crippen molar-refractivity contribution in [3.63, 3.8) is 0 Å². The fourth-order valence-electron chi connectivity index (χ4n) is 0. The third kappa shape index (κ3) is 11900000. The van der Waals surface area contributed by atoms with Crippen molar-refractivity contribution in [1.82, 2.24) is 0 Å². The topological polar surface area (TPSA) is 0 Å². The smallest absolute Gasteiger partial charge is 4.00 e. The van der Waals surface area contributed by atoms with Crippen LogP contribution in [0.5, 0.6) is 0 Å². The van der Waals surface area contributed by atoms with E-state index >= 15 is 0 Å². The molecule has 192 valence electrons. The maximum absolute atomic E-state index is 10.7. The molecular formula is CF24P4.